The van der Waals surface area contributed by atoms with E-state index in [1.807, 2.05) is 0 Å². The molecule has 1 saturated heterocycles. The highest BCUT2D eigenvalue weighted by Crippen LogP contribution is 2.35. The van der Waals surface area contributed by atoms with Crippen LogP contribution in [-0.2, 0) is 24.1 Å². The summed E-state index contributed by atoms with van der Waals surface area (Å²) in [5, 5.41) is 1.65. The van der Waals surface area contributed by atoms with Crippen molar-refractivity contribution in [1.29, 1.82) is 0 Å². The first-order valence-corrected chi connectivity index (χ1v) is 6.85. The standard InChI is InChI=1S/C9H10O5S2/c1-13-8(10)9(5-14-6-9)16(11,12)7-3-2-4-15-7/h2-4H,5-6H2,1H3. The molecule has 1 aromatic rings. The number of carbonyl (C=O) groups excluding carboxylic acids is 1. The zero-order valence-corrected chi connectivity index (χ0v) is 10.1. The molecule has 0 aliphatic carbocycles. The van der Waals surface area contributed by atoms with Crippen LogP contribution >= 0.6 is 11.3 Å². The number of sulfone groups is 1. The minimum Gasteiger partial charge on any atom is -0.468 e. The maximum Gasteiger partial charge on any atom is 0.332 e. The maximum atomic E-state index is 12.2. The monoisotopic (exact) mass is 262 g/mol. The first kappa shape index (κ1) is 11.6. The van der Waals surface area contributed by atoms with Gasteiger partial charge in [0, 0.05) is 0 Å². The van der Waals surface area contributed by atoms with Crippen LogP contribution in [0.25, 0.3) is 0 Å². The third-order valence-electron chi connectivity index (χ3n) is 2.50. The fourth-order valence-electron chi connectivity index (χ4n) is 1.47. The minimum absolute atomic E-state index is 0.139. The van der Waals surface area contributed by atoms with E-state index in [2.05, 4.69) is 4.74 Å². The van der Waals surface area contributed by atoms with E-state index in [1.165, 1.54) is 13.2 Å². The molecular formula is C9H10O5S2. The van der Waals surface area contributed by atoms with Gasteiger partial charge in [-0.1, -0.05) is 6.07 Å². The van der Waals surface area contributed by atoms with Gasteiger partial charge in [0.25, 0.3) is 0 Å². The van der Waals surface area contributed by atoms with Crippen LogP contribution in [0, 0.1) is 0 Å². The molecule has 1 aliphatic rings. The van der Waals surface area contributed by atoms with E-state index in [0.29, 0.717) is 0 Å². The molecule has 0 saturated carbocycles. The molecule has 88 valence electrons. The van der Waals surface area contributed by atoms with Gasteiger partial charge in [0.05, 0.1) is 20.3 Å². The van der Waals surface area contributed by atoms with Crippen molar-refractivity contribution in [3.63, 3.8) is 0 Å². The highest BCUT2D eigenvalue weighted by Gasteiger charge is 2.59. The summed E-state index contributed by atoms with van der Waals surface area (Å²) < 4.78 is 32.5. The van der Waals surface area contributed by atoms with Gasteiger partial charge in [-0.15, -0.1) is 11.3 Å². The summed E-state index contributed by atoms with van der Waals surface area (Å²) >= 11 is 1.08. The van der Waals surface area contributed by atoms with Crippen LogP contribution in [0.1, 0.15) is 0 Å². The average Bonchev–Trinajstić information content (AvgIpc) is 2.68. The van der Waals surface area contributed by atoms with Crippen LogP contribution < -0.4 is 0 Å². The van der Waals surface area contributed by atoms with Crippen LogP contribution in [-0.4, -0.2) is 39.5 Å². The lowest BCUT2D eigenvalue weighted by Gasteiger charge is -2.36. The largest absolute Gasteiger partial charge is 0.468 e. The number of methoxy groups -OCH3 is 1. The van der Waals surface area contributed by atoms with Crippen molar-refractivity contribution >= 4 is 27.1 Å². The van der Waals surface area contributed by atoms with Gasteiger partial charge in [-0.2, -0.15) is 0 Å². The molecule has 0 spiro atoms. The van der Waals surface area contributed by atoms with Gasteiger partial charge >= 0.3 is 5.97 Å². The van der Waals surface area contributed by atoms with Crippen molar-refractivity contribution in [2.45, 2.75) is 8.96 Å². The lowest BCUT2D eigenvalue weighted by molar-refractivity contribution is -0.155. The molecule has 0 unspecified atom stereocenters. The number of esters is 1. The van der Waals surface area contributed by atoms with E-state index in [1.54, 1.807) is 11.4 Å². The molecule has 1 aliphatic heterocycles. The molecular weight excluding hydrogens is 252 g/mol. The van der Waals surface area contributed by atoms with Gasteiger partial charge in [0.2, 0.25) is 14.6 Å². The maximum absolute atomic E-state index is 12.2. The SMILES string of the molecule is COC(=O)C1(S(=O)(=O)c2cccs2)COC1. The number of thiophene rings is 1. The number of ether oxygens (including phenoxy) is 2. The van der Waals surface area contributed by atoms with Crippen LogP contribution in [0.2, 0.25) is 0 Å². The summed E-state index contributed by atoms with van der Waals surface area (Å²) in [7, 11) is -2.54. The number of hydrogen-bond acceptors (Lipinski definition) is 6. The van der Waals surface area contributed by atoms with Crippen molar-refractivity contribution in [2.24, 2.45) is 0 Å². The second-order valence-electron chi connectivity index (χ2n) is 3.41. The zero-order chi connectivity index (χ0) is 11.8. The average molecular weight is 262 g/mol. The topological polar surface area (TPSA) is 69.7 Å². The lowest BCUT2D eigenvalue weighted by Crippen LogP contribution is -2.61. The smallest absolute Gasteiger partial charge is 0.332 e. The third kappa shape index (κ3) is 1.39. The molecule has 2 heterocycles. The second kappa shape index (κ2) is 3.83. The highest BCUT2D eigenvalue weighted by molar-refractivity contribution is 7.95. The summed E-state index contributed by atoms with van der Waals surface area (Å²) in [5.74, 6) is -0.757. The molecule has 7 heteroatoms. The fraction of sp³-hybridized carbons (Fsp3) is 0.444. The van der Waals surface area contributed by atoms with E-state index in [-0.39, 0.29) is 17.4 Å². The van der Waals surface area contributed by atoms with Crippen molar-refractivity contribution in [3.05, 3.63) is 17.5 Å². The molecule has 0 radical (unpaired) electrons. The van der Waals surface area contributed by atoms with E-state index in [4.69, 9.17) is 4.74 Å². The fourth-order valence-corrected chi connectivity index (χ4v) is 4.49. The minimum atomic E-state index is -3.71. The van der Waals surface area contributed by atoms with Gasteiger partial charge in [0.15, 0.2) is 0 Å². The Morgan fingerprint density at radius 1 is 1.56 bits per heavy atom. The van der Waals surface area contributed by atoms with Crippen molar-refractivity contribution in [2.75, 3.05) is 20.3 Å². The normalized spacial score (nSPS) is 18.8. The molecule has 0 atom stereocenters. The summed E-state index contributed by atoms with van der Waals surface area (Å²) in [5.41, 5.74) is 0. The molecule has 5 nitrogen and oxygen atoms in total. The molecule has 0 N–H and O–H groups in total. The van der Waals surface area contributed by atoms with Gasteiger partial charge in [-0.3, -0.25) is 4.79 Å². The summed E-state index contributed by atoms with van der Waals surface area (Å²) in [6.45, 7) is -0.278. The van der Waals surface area contributed by atoms with Crippen molar-refractivity contribution in [1.82, 2.24) is 0 Å². The Morgan fingerprint density at radius 3 is 2.62 bits per heavy atom. The van der Waals surface area contributed by atoms with Crippen LogP contribution in [0.3, 0.4) is 0 Å². The van der Waals surface area contributed by atoms with E-state index in [9.17, 15) is 13.2 Å². The highest BCUT2D eigenvalue weighted by atomic mass is 32.2. The first-order chi connectivity index (χ1) is 7.54. The number of rotatable bonds is 3. The molecule has 0 bridgehead atoms. The van der Waals surface area contributed by atoms with Crippen molar-refractivity contribution in [3.8, 4) is 0 Å². The third-order valence-corrected chi connectivity index (χ3v) is 6.21. The first-order valence-electron chi connectivity index (χ1n) is 4.49. The lowest BCUT2D eigenvalue weighted by atomic mass is 10.1. The van der Waals surface area contributed by atoms with Crippen LogP contribution in [0.4, 0.5) is 0 Å². The predicted octanol–water partition coefficient (Wildman–Crippen LogP) is 0.464. The Hall–Kier alpha value is -0.920. The molecule has 2 rings (SSSR count). The zero-order valence-electron chi connectivity index (χ0n) is 8.50. The van der Waals surface area contributed by atoms with E-state index in [0.717, 1.165) is 11.3 Å². The van der Waals surface area contributed by atoms with E-state index < -0.39 is 20.6 Å². The number of hydrogen-bond donors (Lipinski definition) is 0. The van der Waals surface area contributed by atoms with Gasteiger partial charge in [-0.25, -0.2) is 8.42 Å². The summed E-state index contributed by atoms with van der Waals surface area (Å²) in [6, 6.07) is 3.10. The Balaban J connectivity index is 2.47. The Morgan fingerprint density at radius 2 is 2.25 bits per heavy atom. The predicted molar refractivity (Wildman–Crippen MR) is 57.1 cm³/mol. The molecule has 16 heavy (non-hydrogen) atoms. The summed E-state index contributed by atoms with van der Waals surface area (Å²) in [4.78, 5) is 11.6. The van der Waals surface area contributed by atoms with Crippen molar-refractivity contribution < 1.29 is 22.7 Å². The van der Waals surface area contributed by atoms with Crippen LogP contribution in [0.5, 0.6) is 0 Å². The van der Waals surface area contributed by atoms with Crippen LogP contribution in [0.15, 0.2) is 21.7 Å². The molecule has 0 amide bonds. The molecule has 0 aromatic carbocycles. The Bertz CT molecular complexity index is 484. The van der Waals surface area contributed by atoms with Gasteiger partial charge in [0.1, 0.15) is 4.21 Å². The van der Waals surface area contributed by atoms with E-state index >= 15 is 0 Å². The van der Waals surface area contributed by atoms with Gasteiger partial charge < -0.3 is 9.47 Å². The second-order valence-corrected chi connectivity index (χ2v) is 6.85. The molecule has 1 aromatic heterocycles. The Kier molecular flexibility index (Phi) is 2.77. The number of carbonyl (C=O) groups is 1. The Labute approximate surface area is 96.9 Å². The summed E-state index contributed by atoms with van der Waals surface area (Å²) in [6.07, 6.45) is 0. The quantitative estimate of drug-likeness (QED) is 0.740. The molecule has 1 fully saturated rings. The van der Waals surface area contributed by atoms with Gasteiger partial charge in [-0.05, 0) is 11.4 Å².